The molecule has 110 valence electrons. The Labute approximate surface area is 133 Å². The van der Waals surface area contributed by atoms with Gasteiger partial charge in [-0.05, 0) is 54.5 Å². The van der Waals surface area contributed by atoms with Gasteiger partial charge in [0.25, 0.3) is 0 Å². The molecule has 0 spiro atoms. The summed E-state index contributed by atoms with van der Waals surface area (Å²) in [4.78, 5) is 0. The molecule has 1 unspecified atom stereocenters. The van der Waals surface area contributed by atoms with Gasteiger partial charge in [0.05, 0.1) is 0 Å². The number of rotatable bonds is 2. The van der Waals surface area contributed by atoms with Crippen LogP contribution in [0.25, 0.3) is 0 Å². The molecule has 0 fully saturated rings. The lowest BCUT2D eigenvalue weighted by Gasteiger charge is -2.31. The van der Waals surface area contributed by atoms with Crippen molar-refractivity contribution in [3.8, 4) is 0 Å². The van der Waals surface area contributed by atoms with E-state index in [0.717, 1.165) is 35.7 Å². The van der Waals surface area contributed by atoms with E-state index in [1.54, 1.807) is 0 Å². The molecule has 0 bridgehead atoms. The average molecular weight is 348 g/mol. The third-order valence-corrected chi connectivity index (χ3v) is 5.13. The first-order chi connectivity index (χ1) is 10.1. The minimum absolute atomic E-state index is 0.224. The van der Waals surface area contributed by atoms with Gasteiger partial charge < -0.3 is 5.73 Å². The SMILES string of the molecule is NC1(Cc2ccc(F)cc2Br)CCCCc2ccccc21. The molecule has 1 aliphatic rings. The van der Waals surface area contributed by atoms with Crippen LogP contribution in [0.1, 0.15) is 36.0 Å². The number of halogens is 2. The van der Waals surface area contributed by atoms with Crippen LogP contribution < -0.4 is 5.73 Å². The van der Waals surface area contributed by atoms with Gasteiger partial charge in [-0.15, -0.1) is 0 Å². The molecule has 3 heteroatoms. The molecule has 0 aliphatic heterocycles. The summed E-state index contributed by atoms with van der Waals surface area (Å²) in [6.07, 6.45) is 5.10. The molecule has 0 aromatic heterocycles. The van der Waals surface area contributed by atoms with E-state index in [1.807, 2.05) is 6.07 Å². The fraction of sp³-hybridized carbons (Fsp3) is 0.333. The van der Waals surface area contributed by atoms with E-state index in [2.05, 4.69) is 40.2 Å². The van der Waals surface area contributed by atoms with Crippen LogP contribution in [-0.4, -0.2) is 0 Å². The number of hydrogen-bond acceptors (Lipinski definition) is 1. The van der Waals surface area contributed by atoms with Gasteiger partial charge in [0, 0.05) is 10.0 Å². The number of aryl methyl sites for hydroxylation is 1. The molecule has 0 amide bonds. The molecule has 0 saturated heterocycles. The standard InChI is InChI=1S/C18H19BrFN/c19-17-11-15(20)9-8-14(17)12-18(21)10-4-3-6-13-5-1-2-7-16(13)18/h1-2,5,7-9,11H,3-4,6,10,12,21H2. The Morgan fingerprint density at radius 3 is 2.76 bits per heavy atom. The largest absolute Gasteiger partial charge is 0.321 e. The molecule has 1 atom stereocenters. The Morgan fingerprint density at radius 1 is 1.14 bits per heavy atom. The predicted octanol–water partition coefficient (Wildman–Crippen LogP) is 4.71. The summed E-state index contributed by atoms with van der Waals surface area (Å²) in [6, 6.07) is 13.3. The number of nitrogens with two attached hydrogens (primary N) is 1. The molecule has 21 heavy (non-hydrogen) atoms. The maximum Gasteiger partial charge on any atom is 0.124 e. The zero-order valence-electron chi connectivity index (χ0n) is 11.9. The second-order valence-electron chi connectivity index (χ2n) is 5.93. The molecule has 2 aromatic carbocycles. The summed E-state index contributed by atoms with van der Waals surface area (Å²) in [5, 5.41) is 0. The molecule has 0 saturated carbocycles. The van der Waals surface area contributed by atoms with Crippen LogP contribution in [0, 0.1) is 5.82 Å². The van der Waals surface area contributed by atoms with E-state index in [-0.39, 0.29) is 11.4 Å². The van der Waals surface area contributed by atoms with Crippen molar-refractivity contribution in [3.05, 3.63) is 69.4 Å². The third kappa shape index (κ3) is 3.04. The average Bonchev–Trinajstić information content (AvgIpc) is 2.63. The predicted molar refractivity (Wildman–Crippen MR) is 87.7 cm³/mol. The highest BCUT2D eigenvalue weighted by Crippen LogP contribution is 2.36. The summed E-state index contributed by atoms with van der Waals surface area (Å²) in [5.41, 5.74) is 10.1. The summed E-state index contributed by atoms with van der Waals surface area (Å²) in [5.74, 6) is -0.224. The van der Waals surface area contributed by atoms with Gasteiger partial charge >= 0.3 is 0 Å². The Hall–Kier alpha value is -1.19. The smallest absolute Gasteiger partial charge is 0.124 e. The van der Waals surface area contributed by atoms with E-state index >= 15 is 0 Å². The molecular weight excluding hydrogens is 329 g/mol. The first-order valence-electron chi connectivity index (χ1n) is 7.40. The van der Waals surface area contributed by atoms with Gasteiger partial charge in [-0.2, -0.15) is 0 Å². The Morgan fingerprint density at radius 2 is 1.95 bits per heavy atom. The molecule has 1 aliphatic carbocycles. The third-order valence-electron chi connectivity index (χ3n) is 4.39. The maximum absolute atomic E-state index is 13.3. The monoisotopic (exact) mass is 347 g/mol. The van der Waals surface area contributed by atoms with Crippen LogP contribution in [-0.2, 0) is 18.4 Å². The number of fused-ring (bicyclic) bond motifs is 1. The van der Waals surface area contributed by atoms with Crippen molar-refractivity contribution < 1.29 is 4.39 Å². The minimum Gasteiger partial charge on any atom is -0.321 e. The van der Waals surface area contributed by atoms with Crippen LogP contribution in [0.15, 0.2) is 46.9 Å². The lowest BCUT2D eigenvalue weighted by Crippen LogP contribution is -2.39. The highest BCUT2D eigenvalue weighted by Gasteiger charge is 2.31. The lowest BCUT2D eigenvalue weighted by atomic mass is 9.80. The van der Waals surface area contributed by atoms with E-state index in [4.69, 9.17) is 5.73 Å². The molecule has 3 rings (SSSR count). The summed E-state index contributed by atoms with van der Waals surface area (Å²) < 4.78 is 14.1. The Kier molecular flexibility index (Phi) is 4.14. The Bertz CT molecular complexity index is 655. The van der Waals surface area contributed by atoms with Crippen LogP contribution >= 0.6 is 15.9 Å². The first kappa shape index (κ1) is 14.7. The van der Waals surface area contributed by atoms with Gasteiger partial charge in [-0.25, -0.2) is 4.39 Å². The molecule has 2 N–H and O–H groups in total. The zero-order chi connectivity index (χ0) is 14.9. The van der Waals surface area contributed by atoms with Gasteiger partial charge in [-0.3, -0.25) is 0 Å². The molecule has 0 heterocycles. The summed E-state index contributed by atoms with van der Waals surface area (Å²) >= 11 is 3.46. The molecular formula is C18H19BrFN. The Balaban J connectivity index is 2.00. The lowest BCUT2D eigenvalue weighted by molar-refractivity contribution is 0.398. The van der Waals surface area contributed by atoms with Crippen molar-refractivity contribution >= 4 is 15.9 Å². The topological polar surface area (TPSA) is 26.0 Å². The fourth-order valence-corrected chi connectivity index (χ4v) is 3.79. The molecule has 0 radical (unpaired) electrons. The van der Waals surface area contributed by atoms with Crippen molar-refractivity contribution in [3.63, 3.8) is 0 Å². The fourth-order valence-electron chi connectivity index (χ4n) is 3.30. The number of benzene rings is 2. The van der Waals surface area contributed by atoms with E-state index in [0.29, 0.717) is 0 Å². The van der Waals surface area contributed by atoms with Crippen molar-refractivity contribution in [2.24, 2.45) is 5.73 Å². The second-order valence-corrected chi connectivity index (χ2v) is 6.79. The van der Waals surface area contributed by atoms with Gasteiger partial charge in [0.15, 0.2) is 0 Å². The van der Waals surface area contributed by atoms with Crippen molar-refractivity contribution in [2.75, 3.05) is 0 Å². The maximum atomic E-state index is 13.3. The quantitative estimate of drug-likeness (QED) is 0.782. The van der Waals surface area contributed by atoms with Crippen LogP contribution in [0.3, 0.4) is 0 Å². The minimum atomic E-state index is -0.368. The van der Waals surface area contributed by atoms with Crippen LogP contribution in [0.2, 0.25) is 0 Å². The molecule has 1 nitrogen and oxygen atoms in total. The van der Waals surface area contributed by atoms with E-state index in [1.165, 1.54) is 29.7 Å². The van der Waals surface area contributed by atoms with Crippen LogP contribution in [0.4, 0.5) is 4.39 Å². The van der Waals surface area contributed by atoms with Crippen LogP contribution in [0.5, 0.6) is 0 Å². The van der Waals surface area contributed by atoms with Gasteiger partial charge in [0.2, 0.25) is 0 Å². The first-order valence-corrected chi connectivity index (χ1v) is 8.19. The van der Waals surface area contributed by atoms with E-state index < -0.39 is 0 Å². The highest BCUT2D eigenvalue weighted by atomic mass is 79.9. The zero-order valence-corrected chi connectivity index (χ0v) is 13.5. The normalized spacial score (nSPS) is 21.7. The van der Waals surface area contributed by atoms with Gasteiger partial charge in [0.1, 0.15) is 5.82 Å². The summed E-state index contributed by atoms with van der Waals surface area (Å²) in [6.45, 7) is 0. The van der Waals surface area contributed by atoms with Crippen molar-refractivity contribution in [1.29, 1.82) is 0 Å². The van der Waals surface area contributed by atoms with E-state index in [9.17, 15) is 4.39 Å². The van der Waals surface area contributed by atoms with Crippen molar-refractivity contribution in [2.45, 2.75) is 37.6 Å². The highest BCUT2D eigenvalue weighted by molar-refractivity contribution is 9.10. The van der Waals surface area contributed by atoms with Gasteiger partial charge in [-0.1, -0.05) is 52.7 Å². The van der Waals surface area contributed by atoms with Crippen molar-refractivity contribution in [1.82, 2.24) is 0 Å². The number of hydrogen-bond donors (Lipinski definition) is 1. The summed E-state index contributed by atoms with van der Waals surface area (Å²) in [7, 11) is 0. The molecule has 2 aromatic rings. The second kappa shape index (κ2) is 5.90.